The molecule has 1 aliphatic carbocycles. The van der Waals surface area contributed by atoms with Crippen molar-refractivity contribution in [2.45, 2.75) is 38.8 Å². The van der Waals surface area contributed by atoms with Gasteiger partial charge < -0.3 is 5.73 Å². The van der Waals surface area contributed by atoms with Crippen LogP contribution in [0.15, 0.2) is 18.2 Å². The quantitative estimate of drug-likeness (QED) is 0.859. The van der Waals surface area contributed by atoms with E-state index in [-0.39, 0.29) is 6.04 Å². The molecule has 0 heterocycles. The van der Waals surface area contributed by atoms with E-state index in [1.54, 1.807) is 12.1 Å². The molecule has 106 valence electrons. The molecule has 0 saturated heterocycles. The van der Waals surface area contributed by atoms with Crippen molar-refractivity contribution in [3.05, 3.63) is 35.4 Å². The third-order valence-electron chi connectivity index (χ3n) is 3.56. The normalized spacial score (nSPS) is 17.2. The lowest BCUT2D eigenvalue weighted by atomic mass is 10.0. The smallest absolute Gasteiger partial charge is 0.163 e. The van der Waals surface area contributed by atoms with Crippen LogP contribution in [-0.4, -0.2) is 24.0 Å². The second-order valence-electron chi connectivity index (χ2n) is 5.72. The van der Waals surface area contributed by atoms with Crippen molar-refractivity contribution in [2.24, 2.45) is 11.7 Å². The van der Waals surface area contributed by atoms with Gasteiger partial charge in [-0.2, -0.15) is 0 Å². The molecule has 4 heteroatoms. The number of rotatable bonds is 6. The van der Waals surface area contributed by atoms with E-state index in [9.17, 15) is 8.78 Å². The molecule has 1 aliphatic rings. The van der Waals surface area contributed by atoms with Gasteiger partial charge >= 0.3 is 0 Å². The minimum absolute atomic E-state index is 0.231. The third kappa shape index (κ3) is 3.31. The van der Waals surface area contributed by atoms with E-state index in [0.29, 0.717) is 24.1 Å². The summed E-state index contributed by atoms with van der Waals surface area (Å²) in [5, 5.41) is 0. The van der Waals surface area contributed by atoms with E-state index >= 15 is 0 Å². The first-order chi connectivity index (χ1) is 9.04. The molecule has 0 radical (unpaired) electrons. The first kappa shape index (κ1) is 14.4. The minimum atomic E-state index is -0.795. The van der Waals surface area contributed by atoms with Gasteiger partial charge in [0.25, 0.3) is 0 Å². The molecule has 0 aliphatic heterocycles. The third-order valence-corrected chi connectivity index (χ3v) is 3.56. The van der Waals surface area contributed by atoms with E-state index in [4.69, 9.17) is 5.73 Å². The number of halogens is 2. The summed E-state index contributed by atoms with van der Waals surface area (Å²) in [4.78, 5) is 2.24. The lowest BCUT2D eigenvalue weighted by Crippen LogP contribution is -2.38. The zero-order valence-corrected chi connectivity index (χ0v) is 11.6. The summed E-state index contributed by atoms with van der Waals surface area (Å²) in [5.74, 6) is -1.07. The lowest BCUT2D eigenvalue weighted by Gasteiger charge is -2.33. The van der Waals surface area contributed by atoms with Crippen LogP contribution in [0, 0.1) is 17.6 Å². The molecule has 0 aromatic heterocycles. The molecule has 0 amide bonds. The van der Waals surface area contributed by atoms with Gasteiger partial charge in [0, 0.05) is 24.7 Å². The molecule has 2 rings (SSSR count). The van der Waals surface area contributed by atoms with Crippen LogP contribution in [-0.2, 0) is 0 Å². The van der Waals surface area contributed by atoms with E-state index < -0.39 is 11.6 Å². The van der Waals surface area contributed by atoms with Crippen LogP contribution < -0.4 is 5.73 Å². The molecule has 1 aromatic carbocycles. The molecule has 19 heavy (non-hydrogen) atoms. The maximum absolute atomic E-state index is 14.0. The Morgan fingerprint density at radius 2 is 2.00 bits per heavy atom. The van der Waals surface area contributed by atoms with Gasteiger partial charge in [0.05, 0.1) is 6.04 Å². The largest absolute Gasteiger partial charge is 0.329 e. The van der Waals surface area contributed by atoms with Gasteiger partial charge in [0.1, 0.15) is 0 Å². The van der Waals surface area contributed by atoms with Gasteiger partial charge in [-0.1, -0.05) is 26.0 Å². The van der Waals surface area contributed by atoms with Gasteiger partial charge in [0.2, 0.25) is 0 Å². The Kier molecular flexibility index (Phi) is 4.53. The van der Waals surface area contributed by atoms with E-state index in [1.165, 1.54) is 0 Å². The highest BCUT2D eigenvalue weighted by Gasteiger charge is 2.35. The van der Waals surface area contributed by atoms with Crippen LogP contribution in [0.25, 0.3) is 0 Å². The fraction of sp³-hybridized carbons (Fsp3) is 0.600. The summed E-state index contributed by atoms with van der Waals surface area (Å²) in [6.07, 6.45) is 2.25. The highest BCUT2D eigenvalue weighted by Crippen LogP contribution is 2.35. The molecule has 1 fully saturated rings. The Bertz CT molecular complexity index is 430. The van der Waals surface area contributed by atoms with E-state index in [0.717, 1.165) is 25.5 Å². The summed E-state index contributed by atoms with van der Waals surface area (Å²) < 4.78 is 27.3. The van der Waals surface area contributed by atoms with Crippen molar-refractivity contribution in [1.29, 1.82) is 0 Å². The van der Waals surface area contributed by atoms with E-state index in [2.05, 4.69) is 18.7 Å². The second kappa shape index (κ2) is 5.97. The highest BCUT2D eigenvalue weighted by molar-refractivity contribution is 5.23. The fourth-order valence-corrected chi connectivity index (χ4v) is 2.58. The molecule has 0 spiro atoms. The van der Waals surface area contributed by atoms with Crippen molar-refractivity contribution in [1.82, 2.24) is 4.90 Å². The Labute approximate surface area is 113 Å². The van der Waals surface area contributed by atoms with Crippen LogP contribution in [0.4, 0.5) is 8.78 Å². The van der Waals surface area contributed by atoms with Crippen LogP contribution in [0.2, 0.25) is 0 Å². The number of hydrogen-bond acceptors (Lipinski definition) is 2. The number of nitrogens with zero attached hydrogens (tertiary/aromatic N) is 1. The summed E-state index contributed by atoms with van der Waals surface area (Å²) in [5.41, 5.74) is 6.22. The van der Waals surface area contributed by atoms with Gasteiger partial charge in [-0.25, -0.2) is 8.78 Å². The van der Waals surface area contributed by atoms with Crippen LogP contribution in [0.5, 0.6) is 0 Å². The molecular weight excluding hydrogens is 246 g/mol. The average Bonchev–Trinajstić information content (AvgIpc) is 3.17. The van der Waals surface area contributed by atoms with Crippen molar-refractivity contribution in [3.8, 4) is 0 Å². The standard InChI is InChI=1S/C15H22F2N2/c1-10(2)9-19(11-6-7-11)14(8-18)12-4-3-5-13(16)15(12)17/h3-5,10-11,14H,6-9,18H2,1-2H3. The highest BCUT2D eigenvalue weighted by atomic mass is 19.2. The SMILES string of the molecule is CC(C)CN(C1CC1)C(CN)c1cccc(F)c1F. The van der Waals surface area contributed by atoms with Crippen molar-refractivity contribution in [2.75, 3.05) is 13.1 Å². The summed E-state index contributed by atoms with van der Waals surface area (Å²) in [6.45, 7) is 5.43. The van der Waals surface area contributed by atoms with Crippen LogP contribution in [0.3, 0.4) is 0 Å². The van der Waals surface area contributed by atoms with Crippen LogP contribution in [0.1, 0.15) is 38.3 Å². The van der Waals surface area contributed by atoms with E-state index in [1.807, 2.05) is 0 Å². The summed E-state index contributed by atoms with van der Waals surface area (Å²) >= 11 is 0. The predicted molar refractivity (Wildman–Crippen MR) is 72.7 cm³/mol. The lowest BCUT2D eigenvalue weighted by molar-refractivity contribution is 0.166. The zero-order chi connectivity index (χ0) is 14.0. The molecule has 0 bridgehead atoms. The molecule has 1 atom stereocenters. The Balaban J connectivity index is 2.28. The Hall–Kier alpha value is -1.00. The number of benzene rings is 1. The minimum Gasteiger partial charge on any atom is -0.329 e. The molecule has 2 nitrogen and oxygen atoms in total. The monoisotopic (exact) mass is 268 g/mol. The predicted octanol–water partition coefficient (Wildman–Crippen LogP) is 3.09. The summed E-state index contributed by atoms with van der Waals surface area (Å²) in [7, 11) is 0. The van der Waals surface area contributed by atoms with Gasteiger partial charge in [-0.05, 0) is 24.8 Å². The molecule has 1 unspecified atom stereocenters. The maximum atomic E-state index is 14.0. The molecule has 1 saturated carbocycles. The first-order valence-electron chi connectivity index (χ1n) is 6.94. The topological polar surface area (TPSA) is 29.3 Å². The van der Waals surface area contributed by atoms with Gasteiger partial charge in [0.15, 0.2) is 11.6 Å². The Morgan fingerprint density at radius 3 is 2.53 bits per heavy atom. The number of nitrogens with two attached hydrogens (primary N) is 1. The van der Waals surface area contributed by atoms with Gasteiger partial charge in [-0.3, -0.25) is 4.90 Å². The zero-order valence-electron chi connectivity index (χ0n) is 11.6. The molecule has 1 aromatic rings. The van der Waals surface area contributed by atoms with Crippen molar-refractivity contribution >= 4 is 0 Å². The molecular formula is C15H22F2N2. The second-order valence-corrected chi connectivity index (χ2v) is 5.72. The maximum Gasteiger partial charge on any atom is 0.163 e. The fourth-order valence-electron chi connectivity index (χ4n) is 2.58. The van der Waals surface area contributed by atoms with Crippen molar-refractivity contribution < 1.29 is 8.78 Å². The molecule has 2 N–H and O–H groups in total. The summed E-state index contributed by atoms with van der Waals surface area (Å²) in [6, 6.07) is 4.59. The van der Waals surface area contributed by atoms with Gasteiger partial charge in [-0.15, -0.1) is 0 Å². The first-order valence-corrected chi connectivity index (χ1v) is 6.94. The average molecular weight is 268 g/mol. The number of hydrogen-bond donors (Lipinski definition) is 1. The van der Waals surface area contributed by atoms with Crippen LogP contribution >= 0.6 is 0 Å². The van der Waals surface area contributed by atoms with Crippen molar-refractivity contribution in [3.63, 3.8) is 0 Å². The Morgan fingerprint density at radius 1 is 1.32 bits per heavy atom.